The molecule has 0 amide bonds. The maximum atomic E-state index is 4.20. The second-order valence-electron chi connectivity index (χ2n) is 4.79. The standard InChI is InChI=1S/C11H19N5S/c1-12-11-14-13-10(17-11)8-15-4-6-16(7-5-15)9-2-3-9/h9H,2-8H2,1H3,(H,12,14). The molecule has 2 fully saturated rings. The van der Waals surface area contributed by atoms with E-state index in [1.54, 1.807) is 11.3 Å². The molecule has 0 spiro atoms. The molecule has 0 unspecified atom stereocenters. The molecule has 17 heavy (non-hydrogen) atoms. The van der Waals surface area contributed by atoms with Gasteiger partial charge in [-0.1, -0.05) is 11.3 Å². The Morgan fingerprint density at radius 3 is 2.59 bits per heavy atom. The first-order chi connectivity index (χ1) is 8.35. The van der Waals surface area contributed by atoms with Crippen LogP contribution in [-0.2, 0) is 6.54 Å². The third-order valence-corrected chi connectivity index (χ3v) is 4.44. The minimum Gasteiger partial charge on any atom is -0.363 e. The van der Waals surface area contributed by atoms with Crippen LogP contribution >= 0.6 is 11.3 Å². The zero-order valence-corrected chi connectivity index (χ0v) is 11.0. The van der Waals surface area contributed by atoms with E-state index in [9.17, 15) is 0 Å². The van der Waals surface area contributed by atoms with Gasteiger partial charge in [-0.25, -0.2) is 0 Å². The van der Waals surface area contributed by atoms with Crippen molar-refractivity contribution in [3.8, 4) is 0 Å². The molecule has 5 nitrogen and oxygen atoms in total. The van der Waals surface area contributed by atoms with E-state index in [2.05, 4.69) is 25.3 Å². The average Bonchev–Trinajstić information content (AvgIpc) is 3.11. The summed E-state index contributed by atoms with van der Waals surface area (Å²) in [6, 6.07) is 0.912. The molecule has 1 aliphatic carbocycles. The molecule has 2 heterocycles. The molecule has 0 bridgehead atoms. The van der Waals surface area contributed by atoms with E-state index in [1.165, 1.54) is 39.0 Å². The van der Waals surface area contributed by atoms with E-state index in [0.717, 1.165) is 22.7 Å². The number of aromatic nitrogens is 2. The molecule has 1 saturated heterocycles. The lowest BCUT2D eigenvalue weighted by Crippen LogP contribution is -2.46. The second kappa shape index (κ2) is 4.88. The van der Waals surface area contributed by atoms with Gasteiger partial charge in [0.2, 0.25) is 5.13 Å². The number of hydrogen-bond donors (Lipinski definition) is 1. The van der Waals surface area contributed by atoms with Gasteiger partial charge in [0.05, 0.1) is 6.54 Å². The third kappa shape index (κ3) is 2.75. The predicted molar refractivity (Wildman–Crippen MR) is 69.3 cm³/mol. The highest BCUT2D eigenvalue weighted by Crippen LogP contribution is 2.27. The van der Waals surface area contributed by atoms with Gasteiger partial charge in [-0.2, -0.15) is 0 Å². The Morgan fingerprint density at radius 1 is 1.24 bits per heavy atom. The summed E-state index contributed by atoms with van der Waals surface area (Å²) in [5.41, 5.74) is 0. The number of rotatable bonds is 4. The van der Waals surface area contributed by atoms with Crippen LogP contribution in [0.2, 0.25) is 0 Å². The smallest absolute Gasteiger partial charge is 0.205 e. The monoisotopic (exact) mass is 253 g/mol. The van der Waals surface area contributed by atoms with E-state index in [0.29, 0.717) is 0 Å². The number of piperazine rings is 1. The Hall–Kier alpha value is -0.720. The lowest BCUT2D eigenvalue weighted by Gasteiger charge is -2.34. The number of anilines is 1. The van der Waals surface area contributed by atoms with E-state index < -0.39 is 0 Å². The van der Waals surface area contributed by atoms with Crippen LogP contribution in [0, 0.1) is 0 Å². The van der Waals surface area contributed by atoms with Gasteiger partial charge in [-0.3, -0.25) is 9.80 Å². The zero-order valence-electron chi connectivity index (χ0n) is 10.2. The van der Waals surface area contributed by atoms with Gasteiger partial charge in [0, 0.05) is 39.3 Å². The molecule has 1 aromatic heterocycles. The van der Waals surface area contributed by atoms with Gasteiger partial charge in [0.1, 0.15) is 5.01 Å². The van der Waals surface area contributed by atoms with Crippen LogP contribution in [0.4, 0.5) is 5.13 Å². The van der Waals surface area contributed by atoms with E-state index in [1.807, 2.05) is 7.05 Å². The SMILES string of the molecule is CNc1nnc(CN2CCN(C3CC3)CC2)s1. The van der Waals surface area contributed by atoms with Crippen molar-refractivity contribution >= 4 is 16.5 Å². The average molecular weight is 253 g/mol. The Bertz CT molecular complexity index is 368. The van der Waals surface area contributed by atoms with Gasteiger partial charge in [0.25, 0.3) is 0 Å². The Labute approximate surface area is 106 Å². The van der Waals surface area contributed by atoms with Crippen molar-refractivity contribution in [3.05, 3.63) is 5.01 Å². The highest BCUT2D eigenvalue weighted by Gasteiger charge is 2.31. The van der Waals surface area contributed by atoms with E-state index in [4.69, 9.17) is 0 Å². The number of nitrogens with one attached hydrogen (secondary N) is 1. The van der Waals surface area contributed by atoms with Gasteiger partial charge < -0.3 is 5.32 Å². The Morgan fingerprint density at radius 2 is 2.00 bits per heavy atom. The largest absolute Gasteiger partial charge is 0.363 e. The molecule has 6 heteroatoms. The van der Waals surface area contributed by atoms with Crippen LogP contribution in [0.5, 0.6) is 0 Å². The minimum absolute atomic E-state index is 0.912. The molecule has 1 N–H and O–H groups in total. The fourth-order valence-electron chi connectivity index (χ4n) is 2.34. The first-order valence-corrected chi connectivity index (χ1v) is 7.13. The van der Waals surface area contributed by atoms with Crippen LogP contribution in [0.25, 0.3) is 0 Å². The Balaban J connectivity index is 1.49. The fraction of sp³-hybridized carbons (Fsp3) is 0.818. The van der Waals surface area contributed by atoms with Crippen molar-refractivity contribution in [1.82, 2.24) is 20.0 Å². The first-order valence-electron chi connectivity index (χ1n) is 6.31. The van der Waals surface area contributed by atoms with Gasteiger partial charge in [0.15, 0.2) is 0 Å². The van der Waals surface area contributed by atoms with Crippen molar-refractivity contribution in [2.24, 2.45) is 0 Å². The third-order valence-electron chi connectivity index (χ3n) is 3.51. The molecule has 1 aromatic rings. The van der Waals surface area contributed by atoms with Crippen molar-refractivity contribution in [1.29, 1.82) is 0 Å². The molecular formula is C11H19N5S. The second-order valence-corrected chi connectivity index (χ2v) is 5.86. The number of nitrogens with zero attached hydrogens (tertiary/aromatic N) is 4. The van der Waals surface area contributed by atoms with Crippen LogP contribution < -0.4 is 5.32 Å². The topological polar surface area (TPSA) is 44.3 Å². The minimum atomic E-state index is 0.912. The summed E-state index contributed by atoms with van der Waals surface area (Å²) in [5.74, 6) is 0. The summed E-state index contributed by atoms with van der Waals surface area (Å²) in [6.07, 6.45) is 2.84. The maximum absolute atomic E-state index is 4.20. The zero-order chi connectivity index (χ0) is 11.7. The molecule has 0 aromatic carbocycles. The lowest BCUT2D eigenvalue weighted by atomic mass is 10.3. The maximum Gasteiger partial charge on any atom is 0.205 e. The molecule has 1 aliphatic heterocycles. The highest BCUT2D eigenvalue weighted by molar-refractivity contribution is 7.15. The summed E-state index contributed by atoms with van der Waals surface area (Å²) >= 11 is 1.66. The summed E-state index contributed by atoms with van der Waals surface area (Å²) in [7, 11) is 1.89. The number of hydrogen-bond acceptors (Lipinski definition) is 6. The summed E-state index contributed by atoms with van der Waals surface area (Å²) in [4.78, 5) is 5.12. The summed E-state index contributed by atoms with van der Waals surface area (Å²) in [6.45, 7) is 5.75. The van der Waals surface area contributed by atoms with Crippen molar-refractivity contribution < 1.29 is 0 Å². The fourth-order valence-corrected chi connectivity index (χ4v) is 3.07. The normalized spacial score (nSPS) is 22.9. The predicted octanol–water partition coefficient (Wildman–Crippen LogP) is 0.860. The van der Waals surface area contributed by atoms with Gasteiger partial charge in [-0.15, -0.1) is 10.2 Å². The van der Waals surface area contributed by atoms with Crippen LogP contribution in [0.15, 0.2) is 0 Å². The van der Waals surface area contributed by atoms with Gasteiger partial charge >= 0.3 is 0 Å². The molecular weight excluding hydrogens is 234 g/mol. The quantitative estimate of drug-likeness (QED) is 0.862. The molecule has 3 rings (SSSR count). The van der Waals surface area contributed by atoms with Crippen LogP contribution in [0.3, 0.4) is 0 Å². The van der Waals surface area contributed by atoms with Crippen molar-refractivity contribution in [2.45, 2.75) is 25.4 Å². The highest BCUT2D eigenvalue weighted by atomic mass is 32.1. The van der Waals surface area contributed by atoms with Crippen molar-refractivity contribution in [3.63, 3.8) is 0 Å². The van der Waals surface area contributed by atoms with Crippen LogP contribution in [0.1, 0.15) is 17.8 Å². The van der Waals surface area contributed by atoms with E-state index in [-0.39, 0.29) is 0 Å². The summed E-state index contributed by atoms with van der Waals surface area (Å²) < 4.78 is 0. The first kappa shape index (κ1) is 11.4. The van der Waals surface area contributed by atoms with E-state index >= 15 is 0 Å². The van der Waals surface area contributed by atoms with Gasteiger partial charge in [-0.05, 0) is 12.8 Å². The molecule has 0 radical (unpaired) electrons. The van der Waals surface area contributed by atoms with Crippen molar-refractivity contribution in [2.75, 3.05) is 38.5 Å². The van der Waals surface area contributed by atoms with Crippen LogP contribution in [-0.4, -0.2) is 59.3 Å². The molecule has 94 valence electrons. The molecule has 2 aliphatic rings. The summed E-state index contributed by atoms with van der Waals surface area (Å²) in [5, 5.41) is 13.3. The lowest BCUT2D eigenvalue weighted by molar-refractivity contribution is 0.121. The molecule has 1 saturated carbocycles. The molecule has 0 atom stereocenters. The Kier molecular flexibility index (Phi) is 3.26.